The van der Waals surface area contributed by atoms with Gasteiger partial charge in [0.25, 0.3) is 5.91 Å². The van der Waals surface area contributed by atoms with E-state index in [1.165, 1.54) is 21.6 Å². The van der Waals surface area contributed by atoms with Crippen molar-refractivity contribution in [2.24, 2.45) is 12.0 Å². The molecule has 3 rings (SSSR count). The van der Waals surface area contributed by atoms with Gasteiger partial charge in [-0.05, 0) is 30.7 Å². The Bertz CT molecular complexity index is 920. The first-order chi connectivity index (χ1) is 11.1. The number of amides is 1. The third-order valence-corrected chi connectivity index (χ3v) is 4.64. The van der Waals surface area contributed by atoms with Gasteiger partial charge in [-0.25, -0.2) is 0 Å². The predicted octanol–water partition coefficient (Wildman–Crippen LogP) is 2.13. The van der Waals surface area contributed by atoms with Gasteiger partial charge in [-0.15, -0.1) is 0 Å². The normalized spacial score (nSPS) is 12.2. The van der Waals surface area contributed by atoms with Crippen LogP contribution < -0.4 is 4.80 Å². The number of aryl methyl sites for hydroxylation is 2. The van der Waals surface area contributed by atoms with Crippen molar-refractivity contribution in [2.45, 2.75) is 13.5 Å². The molecule has 120 valence electrons. The molecule has 0 aliphatic heterocycles. The Morgan fingerprint density at radius 2 is 2.22 bits per heavy atom. The number of benzene rings is 1. The van der Waals surface area contributed by atoms with E-state index in [1.807, 2.05) is 4.57 Å². The number of nitrogens with zero attached hydrogens (tertiary/aromatic N) is 4. The van der Waals surface area contributed by atoms with E-state index in [0.29, 0.717) is 23.6 Å². The van der Waals surface area contributed by atoms with Crippen LogP contribution in [0.4, 0.5) is 0 Å². The quantitative estimate of drug-likeness (QED) is 0.736. The van der Waals surface area contributed by atoms with E-state index in [-0.39, 0.29) is 5.91 Å². The van der Waals surface area contributed by atoms with Crippen LogP contribution in [-0.4, -0.2) is 34.0 Å². The number of thiazole rings is 1. The molecule has 0 atom stereocenters. The molecule has 3 aromatic rings. The molecule has 6 nitrogen and oxygen atoms in total. The van der Waals surface area contributed by atoms with Crippen molar-refractivity contribution in [2.75, 3.05) is 13.7 Å². The van der Waals surface area contributed by atoms with Crippen molar-refractivity contribution >= 4 is 27.5 Å². The SMILES string of the molecule is COCCn1c(=NC(=O)c2ccnn2C)sc2cc(C)ccc21. The van der Waals surface area contributed by atoms with E-state index >= 15 is 0 Å². The summed E-state index contributed by atoms with van der Waals surface area (Å²) in [6.07, 6.45) is 1.59. The topological polar surface area (TPSA) is 61.4 Å². The van der Waals surface area contributed by atoms with E-state index in [4.69, 9.17) is 4.74 Å². The summed E-state index contributed by atoms with van der Waals surface area (Å²) in [5.41, 5.74) is 2.72. The number of hydrogen-bond acceptors (Lipinski definition) is 4. The Morgan fingerprint density at radius 1 is 1.39 bits per heavy atom. The van der Waals surface area contributed by atoms with E-state index in [0.717, 1.165) is 10.2 Å². The molecule has 0 radical (unpaired) electrons. The number of carbonyl (C=O) groups is 1. The second-order valence-corrected chi connectivity index (χ2v) is 6.27. The summed E-state index contributed by atoms with van der Waals surface area (Å²) in [5.74, 6) is -0.292. The monoisotopic (exact) mass is 330 g/mol. The second kappa shape index (κ2) is 6.47. The summed E-state index contributed by atoms with van der Waals surface area (Å²) in [6.45, 7) is 3.26. The molecular formula is C16H18N4O2S. The highest BCUT2D eigenvalue weighted by molar-refractivity contribution is 7.16. The highest BCUT2D eigenvalue weighted by atomic mass is 32.1. The second-order valence-electron chi connectivity index (χ2n) is 5.26. The molecule has 0 unspecified atom stereocenters. The van der Waals surface area contributed by atoms with Crippen LogP contribution in [0.5, 0.6) is 0 Å². The number of ether oxygens (including phenoxy) is 1. The number of carbonyl (C=O) groups excluding carboxylic acids is 1. The van der Waals surface area contributed by atoms with Crippen LogP contribution in [0.3, 0.4) is 0 Å². The van der Waals surface area contributed by atoms with Crippen molar-refractivity contribution in [3.8, 4) is 0 Å². The first-order valence-corrected chi connectivity index (χ1v) is 8.08. The fourth-order valence-electron chi connectivity index (χ4n) is 2.39. The van der Waals surface area contributed by atoms with Crippen LogP contribution in [-0.2, 0) is 18.3 Å². The molecule has 23 heavy (non-hydrogen) atoms. The molecule has 0 fully saturated rings. The summed E-state index contributed by atoms with van der Waals surface area (Å²) in [5, 5.41) is 4.02. The van der Waals surface area contributed by atoms with Gasteiger partial charge >= 0.3 is 0 Å². The van der Waals surface area contributed by atoms with Gasteiger partial charge in [-0.1, -0.05) is 17.4 Å². The summed E-state index contributed by atoms with van der Waals surface area (Å²) in [6, 6.07) is 7.90. The zero-order chi connectivity index (χ0) is 16.4. The molecule has 0 spiro atoms. The van der Waals surface area contributed by atoms with Crippen LogP contribution in [0.15, 0.2) is 35.5 Å². The fourth-order valence-corrected chi connectivity index (χ4v) is 3.54. The molecule has 0 saturated heterocycles. The van der Waals surface area contributed by atoms with Gasteiger partial charge in [-0.3, -0.25) is 9.48 Å². The third kappa shape index (κ3) is 3.11. The van der Waals surface area contributed by atoms with E-state index in [1.54, 1.807) is 26.4 Å². The molecule has 2 heterocycles. The van der Waals surface area contributed by atoms with Crippen LogP contribution in [0.1, 0.15) is 16.1 Å². The maximum atomic E-state index is 12.4. The average Bonchev–Trinajstić information content (AvgIpc) is 3.08. The van der Waals surface area contributed by atoms with Gasteiger partial charge in [0.1, 0.15) is 5.69 Å². The lowest BCUT2D eigenvalue weighted by Gasteiger charge is -2.04. The summed E-state index contributed by atoms with van der Waals surface area (Å²) in [4.78, 5) is 17.4. The zero-order valence-electron chi connectivity index (χ0n) is 13.3. The minimum atomic E-state index is -0.292. The molecule has 0 bridgehead atoms. The van der Waals surface area contributed by atoms with E-state index in [2.05, 4.69) is 35.2 Å². The van der Waals surface area contributed by atoms with Gasteiger partial charge < -0.3 is 9.30 Å². The first-order valence-electron chi connectivity index (χ1n) is 7.26. The van der Waals surface area contributed by atoms with Crippen LogP contribution >= 0.6 is 11.3 Å². The number of methoxy groups -OCH3 is 1. The molecule has 2 aromatic heterocycles. The van der Waals surface area contributed by atoms with Crippen molar-refractivity contribution in [1.82, 2.24) is 14.3 Å². The van der Waals surface area contributed by atoms with E-state index < -0.39 is 0 Å². The molecule has 7 heteroatoms. The van der Waals surface area contributed by atoms with Crippen molar-refractivity contribution in [3.63, 3.8) is 0 Å². The molecule has 1 amide bonds. The lowest BCUT2D eigenvalue weighted by molar-refractivity contribution is 0.0988. The number of rotatable bonds is 4. The smallest absolute Gasteiger partial charge is 0.297 e. The van der Waals surface area contributed by atoms with Crippen molar-refractivity contribution in [1.29, 1.82) is 0 Å². The minimum absolute atomic E-state index is 0.292. The van der Waals surface area contributed by atoms with Crippen LogP contribution in [0.2, 0.25) is 0 Å². The minimum Gasteiger partial charge on any atom is -0.383 e. The summed E-state index contributed by atoms with van der Waals surface area (Å²) < 4.78 is 9.85. The standard InChI is InChI=1S/C16H18N4O2S/c1-11-4-5-12-14(10-11)23-16(20(12)8-9-22-3)18-15(21)13-6-7-17-19(13)2/h4-7,10H,8-9H2,1-3H3. The van der Waals surface area contributed by atoms with E-state index in [9.17, 15) is 4.79 Å². The largest absolute Gasteiger partial charge is 0.383 e. The van der Waals surface area contributed by atoms with Crippen LogP contribution in [0, 0.1) is 6.92 Å². The fraction of sp³-hybridized carbons (Fsp3) is 0.312. The summed E-state index contributed by atoms with van der Waals surface area (Å²) >= 11 is 1.51. The highest BCUT2D eigenvalue weighted by Crippen LogP contribution is 2.19. The highest BCUT2D eigenvalue weighted by Gasteiger charge is 2.11. The Kier molecular flexibility index (Phi) is 4.40. The average molecular weight is 330 g/mol. The van der Waals surface area contributed by atoms with Crippen LogP contribution in [0.25, 0.3) is 10.2 Å². The maximum Gasteiger partial charge on any atom is 0.297 e. The molecule has 0 aliphatic carbocycles. The molecule has 0 aliphatic rings. The molecule has 0 N–H and O–H groups in total. The number of aromatic nitrogens is 3. The summed E-state index contributed by atoms with van der Waals surface area (Å²) in [7, 11) is 3.40. The Balaban J connectivity index is 2.13. The molecular weight excluding hydrogens is 312 g/mol. The predicted molar refractivity (Wildman–Crippen MR) is 89.5 cm³/mol. The lowest BCUT2D eigenvalue weighted by atomic mass is 10.2. The van der Waals surface area contributed by atoms with Gasteiger partial charge in [-0.2, -0.15) is 10.1 Å². The maximum absolute atomic E-state index is 12.4. The third-order valence-electron chi connectivity index (χ3n) is 3.59. The Labute approximate surface area is 137 Å². The molecule has 0 saturated carbocycles. The van der Waals surface area contributed by atoms with Gasteiger partial charge in [0.15, 0.2) is 4.80 Å². The van der Waals surface area contributed by atoms with Crippen molar-refractivity contribution < 1.29 is 9.53 Å². The van der Waals surface area contributed by atoms with Gasteiger partial charge in [0.05, 0.1) is 16.8 Å². The van der Waals surface area contributed by atoms with Gasteiger partial charge in [0, 0.05) is 26.9 Å². The Morgan fingerprint density at radius 3 is 2.91 bits per heavy atom. The van der Waals surface area contributed by atoms with Crippen molar-refractivity contribution in [3.05, 3.63) is 46.5 Å². The zero-order valence-corrected chi connectivity index (χ0v) is 14.1. The lowest BCUT2D eigenvalue weighted by Crippen LogP contribution is -2.20. The first kappa shape index (κ1) is 15.6. The van der Waals surface area contributed by atoms with Gasteiger partial charge in [0.2, 0.25) is 0 Å². The number of fused-ring (bicyclic) bond motifs is 1. The molecule has 1 aromatic carbocycles. The number of hydrogen-bond donors (Lipinski definition) is 0. The Hall–Kier alpha value is -2.25.